The van der Waals surface area contributed by atoms with Crippen LogP contribution in [0.4, 0.5) is 0 Å². The molecule has 5 aromatic carbocycles. The third-order valence-corrected chi connectivity index (χ3v) is 8.02. The van der Waals surface area contributed by atoms with Gasteiger partial charge in [0.05, 0.1) is 33.3 Å². The van der Waals surface area contributed by atoms with Crippen LogP contribution in [-0.2, 0) is 0 Å². The first-order valence-corrected chi connectivity index (χ1v) is 13.7. The molecule has 5 heteroatoms. The fourth-order valence-electron chi connectivity index (χ4n) is 6.13. The average Bonchev–Trinajstić information content (AvgIpc) is 3.57. The maximum absolute atomic E-state index is 13.6. The Kier molecular flexibility index (Phi) is 5.28. The minimum atomic E-state index is -0.179. The largest absolute Gasteiger partial charge is 0.308 e. The minimum absolute atomic E-state index is 0.179. The molecule has 0 aliphatic rings. The molecule has 0 bridgehead atoms. The number of aromatic nitrogens is 3. The number of hydrogen-bond donors (Lipinski definition) is 0. The Morgan fingerprint density at radius 2 is 1.05 bits per heavy atom. The standard InChI is InChI=1S/C37H22N4O/c38-22-26-21-24(17-19-31(26)40-32-13-5-1-9-27(32)28-10-2-6-14-33(28)40)37(42)25-18-20-36(39-23-25)41-34-15-7-3-11-29(34)30-12-4-8-16-35(30)41/h1-21,23H. The smallest absolute Gasteiger partial charge is 0.194 e. The second-order valence-corrected chi connectivity index (χ2v) is 10.3. The normalized spacial score (nSPS) is 11.4. The van der Waals surface area contributed by atoms with Crippen molar-refractivity contribution in [3.05, 3.63) is 150 Å². The molecule has 0 spiro atoms. The highest BCUT2D eigenvalue weighted by molar-refractivity contribution is 6.11. The van der Waals surface area contributed by atoms with Crippen LogP contribution in [0.25, 0.3) is 55.1 Å². The summed E-state index contributed by atoms with van der Waals surface area (Å²) in [5.41, 5.74) is 6.23. The van der Waals surface area contributed by atoms with Crippen molar-refractivity contribution >= 4 is 49.4 Å². The number of fused-ring (bicyclic) bond motifs is 6. The van der Waals surface area contributed by atoms with Crippen molar-refractivity contribution in [3.63, 3.8) is 0 Å². The quantitative estimate of drug-likeness (QED) is 0.211. The van der Waals surface area contributed by atoms with Crippen LogP contribution in [0.3, 0.4) is 0 Å². The van der Waals surface area contributed by atoms with Crippen LogP contribution in [0, 0.1) is 11.3 Å². The van der Waals surface area contributed by atoms with E-state index < -0.39 is 0 Å². The molecule has 0 aliphatic carbocycles. The summed E-state index contributed by atoms with van der Waals surface area (Å²) in [6.07, 6.45) is 1.62. The molecule has 0 radical (unpaired) electrons. The maximum atomic E-state index is 13.6. The van der Waals surface area contributed by atoms with E-state index in [0.29, 0.717) is 16.7 Å². The minimum Gasteiger partial charge on any atom is -0.308 e. The van der Waals surface area contributed by atoms with Crippen LogP contribution >= 0.6 is 0 Å². The molecule has 3 aromatic heterocycles. The lowest BCUT2D eigenvalue weighted by Gasteiger charge is -2.12. The van der Waals surface area contributed by atoms with E-state index in [2.05, 4.69) is 63.7 Å². The maximum Gasteiger partial charge on any atom is 0.194 e. The third-order valence-electron chi connectivity index (χ3n) is 8.02. The number of hydrogen-bond acceptors (Lipinski definition) is 3. The summed E-state index contributed by atoms with van der Waals surface area (Å²) >= 11 is 0. The topological polar surface area (TPSA) is 63.6 Å². The number of para-hydroxylation sites is 4. The summed E-state index contributed by atoms with van der Waals surface area (Å²) in [4.78, 5) is 18.3. The zero-order valence-electron chi connectivity index (χ0n) is 22.4. The molecule has 0 saturated heterocycles. The summed E-state index contributed by atoms with van der Waals surface area (Å²) in [5, 5.41) is 14.7. The lowest BCUT2D eigenvalue weighted by Crippen LogP contribution is -2.06. The van der Waals surface area contributed by atoms with Crippen molar-refractivity contribution in [2.24, 2.45) is 0 Å². The highest BCUT2D eigenvalue weighted by atomic mass is 16.1. The number of carbonyl (C=O) groups excluding carboxylic acids is 1. The van der Waals surface area contributed by atoms with E-state index in [4.69, 9.17) is 4.98 Å². The van der Waals surface area contributed by atoms with Crippen molar-refractivity contribution in [1.82, 2.24) is 14.1 Å². The second-order valence-electron chi connectivity index (χ2n) is 10.3. The van der Waals surface area contributed by atoms with E-state index in [-0.39, 0.29) is 5.78 Å². The predicted molar refractivity (Wildman–Crippen MR) is 168 cm³/mol. The van der Waals surface area contributed by atoms with Crippen LogP contribution in [-0.4, -0.2) is 19.9 Å². The Morgan fingerprint density at radius 3 is 1.52 bits per heavy atom. The SMILES string of the molecule is N#Cc1cc(C(=O)c2ccc(-n3c4ccccc4c4ccccc43)nc2)ccc1-n1c2ccccc2c2ccccc21. The summed E-state index contributed by atoms with van der Waals surface area (Å²) in [6.45, 7) is 0. The lowest BCUT2D eigenvalue weighted by atomic mass is 10.0. The molecule has 0 aliphatic heterocycles. The van der Waals surface area contributed by atoms with Crippen molar-refractivity contribution in [1.29, 1.82) is 5.26 Å². The van der Waals surface area contributed by atoms with Gasteiger partial charge in [0.2, 0.25) is 0 Å². The molecule has 0 fully saturated rings. The van der Waals surface area contributed by atoms with E-state index in [9.17, 15) is 10.1 Å². The van der Waals surface area contributed by atoms with E-state index in [1.807, 2.05) is 60.7 Å². The van der Waals surface area contributed by atoms with Crippen LogP contribution in [0.15, 0.2) is 134 Å². The Labute approximate surface area is 241 Å². The number of rotatable bonds is 4. The van der Waals surface area contributed by atoms with Gasteiger partial charge in [0.25, 0.3) is 0 Å². The van der Waals surface area contributed by atoms with Crippen molar-refractivity contribution in [2.75, 3.05) is 0 Å². The van der Waals surface area contributed by atoms with Gasteiger partial charge < -0.3 is 4.57 Å². The highest BCUT2D eigenvalue weighted by Crippen LogP contribution is 2.34. The monoisotopic (exact) mass is 538 g/mol. The van der Waals surface area contributed by atoms with Crippen LogP contribution < -0.4 is 0 Å². The van der Waals surface area contributed by atoms with Crippen LogP contribution in [0.5, 0.6) is 0 Å². The van der Waals surface area contributed by atoms with Gasteiger partial charge in [-0.15, -0.1) is 0 Å². The number of pyridine rings is 1. The number of carbonyl (C=O) groups is 1. The molecule has 42 heavy (non-hydrogen) atoms. The molecule has 0 unspecified atom stereocenters. The van der Waals surface area contributed by atoms with Gasteiger partial charge in [0.15, 0.2) is 5.78 Å². The molecule has 0 N–H and O–H groups in total. The zero-order valence-corrected chi connectivity index (χ0v) is 22.4. The summed E-state index contributed by atoms with van der Waals surface area (Å²) in [5.74, 6) is 0.560. The van der Waals surface area contributed by atoms with Gasteiger partial charge in [-0.2, -0.15) is 5.26 Å². The molecule has 0 amide bonds. The van der Waals surface area contributed by atoms with Crippen LogP contribution in [0.1, 0.15) is 21.5 Å². The first kappa shape index (κ1) is 23.9. The number of ketones is 1. The summed E-state index contributed by atoms with van der Waals surface area (Å²) in [7, 11) is 0. The molecule has 0 atom stereocenters. The van der Waals surface area contributed by atoms with Gasteiger partial charge in [0.1, 0.15) is 11.9 Å². The summed E-state index contributed by atoms with van der Waals surface area (Å²) in [6, 6.07) is 44.2. The van der Waals surface area contributed by atoms with E-state index in [0.717, 1.165) is 55.1 Å². The Hall–Kier alpha value is -5.99. The molecule has 0 saturated carbocycles. The van der Waals surface area contributed by atoms with Gasteiger partial charge in [-0.1, -0.05) is 72.8 Å². The molecule has 196 valence electrons. The van der Waals surface area contributed by atoms with Crippen molar-refractivity contribution in [3.8, 4) is 17.6 Å². The van der Waals surface area contributed by atoms with Gasteiger partial charge in [0, 0.05) is 38.9 Å². The zero-order chi connectivity index (χ0) is 28.2. The van der Waals surface area contributed by atoms with E-state index in [1.54, 1.807) is 24.4 Å². The highest BCUT2D eigenvalue weighted by Gasteiger charge is 2.18. The van der Waals surface area contributed by atoms with Crippen LogP contribution in [0.2, 0.25) is 0 Å². The lowest BCUT2D eigenvalue weighted by molar-refractivity contribution is 0.103. The second kappa shape index (κ2) is 9.29. The van der Waals surface area contributed by atoms with Gasteiger partial charge >= 0.3 is 0 Å². The fraction of sp³-hybridized carbons (Fsp3) is 0. The predicted octanol–water partition coefficient (Wildman–Crippen LogP) is 8.38. The first-order valence-electron chi connectivity index (χ1n) is 13.7. The fourth-order valence-corrected chi connectivity index (χ4v) is 6.13. The average molecular weight is 539 g/mol. The number of nitrogens with zero attached hydrogens (tertiary/aromatic N) is 4. The Bertz CT molecular complexity index is 2280. The molecular weight excluding hydrogens is 516 g/mol. The number of nitriles is 1. The van der Waals surface area contributed by atoms with Crippen molar-refractivity contribution in [2.45, 2.75) is 0 Å². The Balaban J connectivity index is 1.19. The first-order chi connectivity index (χ1) is 20.7. The Morgan fingerprint density at radius 1 is 0.571 bits per heavy atom. The van der Waals surface area contributed by atoms with Gasteiger partial charge in [-0.25, -0.2) is 4.98 Å². The number of benzene rings is 5. The van der Waals surface area contributed by atoms with Gasteiger partial charge in [-0.05, 0) is 54.6 Å². The molecule has 5 nitrogen and oxygen atoms in total. The van der Waals surface area contributed by atoms with Gasteiger partial charge in [-0.3, -0.25) is 9.36 Å². The molecule has 3 heterocycles. The summed E-state index contributed by atoms with van der Waals surface area (Å²) < 4.78 is 4.22. The molecule has 8 aromatic rings. The van der Waals surface area contributed by atoms with E-state index in [1.165, 1.54) is 0 Å². The van der Waals surface area contributed by atoms with E-state index >= 15 is 0 Å². The third kappa shape index (κ3) is 3.49. The molecular formula is C37H22N4O. The van der Waals surface area contributed by atoms with Crippen molar-refractivity contribution < 1.29 is 4.79 Å². The molecule has 8 rings (SSSR count).